The highest BCUT2D eigenvalue weighted by molar-refractivity contribution is 5.81. The standard InChI is InChI=1S/C12H18N4O2/c1-8(13)12(17)16(10-4-5-10)7-9-3-6-11(18-2)15-14-9/h3,6,8,10H,4-5,7,13H2,1-2H3/t8-/m0/s1. The summed E-state index contributed by atoms with van der Waals surface area (Å²) in [6, 6.07) is 3.39. The molecule has 0 bridgehead atoms. The lowest BCUT2D eigenvalue weighted by atomic mass is 10.2. The molecule has 1 aromatic heterocycles. The van der Waals surface area contributed by atoms with Gasteiger partial charge in [0.2, 0.25) is 11.8 Å². The van der Waals surface area contributed by atoms with Gasteiger partial charge in [-0.15, -0.1) is 5.10 Å². The molecule has 2 rings (SSSR count). The van der Waals surface area contributed by atoms with Gasteiger partial charge in [0.05, 0.1) is 25.4 Å². The van der Waals surface area contributed by atoms with Crippen molar-refractivity contribution in [3.63, 3.8) is 0 Å². The minimum atomic E-state index is -0.475. The molecule has 1 aromatic rings. The lowest BCUT2D eigenvalue weighted by Crippen LogP contribution is -2.43. The van der Waals surface area contributed by atoms with Gasteiger partial charge in [-0.05, 0) is 25.8 Å². The number of hydrogen-bond acceptors (Lipinski definition) is 5. The number of carbonyl (C=O) groups is 1. The SMILES string of the molecule is COc1ccc(CN(C(=O)[C@H](C)N)C2CC2)nn1. The Morgan fingerprint density at radius 1 is 1.56 bits per heavy atom. The molecule has 98 valence electrons. The molecule has 2 N–H and O–H groups in total. The zero-order valence-corrected chi connectivity index (χ0v) is 10.7. The van der Waals surface area contributed by atoms with Crippen molar-refractivity contribution in [3.8, 4) is 5.88 Å². The van der Waals surface area contributed by atoms with Gasteiger partial charge < -0.3 is 15.4 Å². The van der Waals surface area contributed by atoms with Crippen molar-refractivity contribution in [1.82, 2.24) is 15.1 Å². The van der Waals surface area contributed by atoms with Crippen molar-refractivity contribution in [2.45, 2.75) is 38.4 Å². The largest absolute Gasteiger partial charge is 0.480 e. The van der Waals surface area contributed by atoms with E-state index in [0.29, 0.717) is 18.5 Å². The van der Waals surface area contributed by atoms with Crippen molar-refractivity contribution in [1.29, 1.82) is 0 Å². The molecule has 1 atom stereocenters. The number of hydrogen-bond donors (Lipinski definition) is 1. The van der Waals surface area contributed by atoms with E-state index in [1.165, 1.54) is 0 Å². The van der Waals surface area contributed by atoms with Crippen molar-refractivity contribution in [2.75, 3.05) is 7.11 Å². The molecule has 1 amide bonds. The van der Waals surface area contributed by atoms with E-state index < -0.39 is 6.04 Å². The summed E-state index contributed by atoms with van der Waals surface area (Å²) in [6.07, 6.45) is 2.09. The van der Waals surface area contributed by atoms with Gasteiger partial charge in [-0.25, -0.2) is 0 Å². The molecule has 6 nitrogen and oxygen atoms in total. The molecule has 18 heavy (non-hydrogen) atoms. The highest BCUT2D eigenvalue weighted by atomic mass is 16.5. The Morgan fingerprint density at radius 2 is 2.28 bits per heavy atom. The monoisotopic (exact) mass is 250 g/mol. The Kier molecular flexibility index (Phi) is 3.76. The first-order valence-corrected chi connectivity index (χ1v) is 6.04. The van der Waals surface area contributed by atoms with Crippen LogP contribution in [0.15, 0.2) is 12.1 Å². The Balaban J connectivity index is 2.06. The molecule has 0 aromatic carbocycles. The number of nitrogens with two attached hydrogens (primary N) is 1. The van der Waals surface area contributed by atoms with Crippen LogP contribution in [-0.2, 0) is 11.3 Å². The maximum Gasteiger partial charge on any atom is 0.239 e. The van der Waals surface area contributed by atoms with Gasteiger partial charge in [0.15, 0.2) is 0 Å². The first-order valence-electron chi connectivity index (χ1n) is 6.04. The average Bonchev–Trinajstić information content (AvgIpc) is 3.20. The number of methoxy groups -OCH3 is 1. The second-order valence-electron chi connectivity index (χ2n) is 4.55. The van der Waals surface area contributed by atoms with E-state index in [0.717, 1.165) is 18.5 Å². The van der Waals surface area contributed by atoms with Gasteiger partial charge in [-0.2, -0.15) is 5.10 Å². The van der Waals surface area contributed by atoms with Crippen LogP contribution in [0.25, 0.3) is 0 Å². The first-order chi connectivity index (χ1) is 8.61. The van der Waals surface area contributed by atoms with Gasteiger partial charge in [-0.3, -0.25) is 4.79 Å². The molecule has 6 heteroatoms. The van der Waals surface area contributed by atoms with E-state index in [1.54, 1.807) is 25.0 Å². The number of ether oxygens (including phenoxy) is 1. The minimum absolute atomic E-state index is 0.0323. The number of amides is 1. The summed E-state index contributed by atoms with van der Waals surface area (Å²) in [4.78, 5) is 13.8. The summed E-state index contributed by atoms with van der Waals surface area (Å²) >= 11 is 0. The molecule has 1 fully saturated rings. The van der Waals surface area contributed by atoms with Crippen LogP contribution in [0.4, 0.5) is 0 Å². The number of rotatable bonds is 5. The smallest absolute Gasteiger partial charge is 0.239 e. The molecule has 1 aliphatic carbocycles. The van der Waals surface area contributed by atoms with Crippen molar-refractivity contribution in [2.24, 2.45) is 5.73 Å². The van der Waals surface area contributed by atoms with E-state index in [2.05, 4.69) is 10.2 Å². The third-order valence-electron chi connectivity index (χ3n) is 2.90. The third-order valence-corrected chi connectivity index (χ3v) is 2.90. The van der Waals surface area contributed by atoms with Crippen molar-refractivity contribution < 1.29 is 9.53 Å². The summed E-state index contributed by atoms with van der Waals surface area (Å²) in [5, 5.41) is 7.92. The lowest BCUT2D eigenvalue weighted by molar-refractivity contribution is -0.133. The molecule has 0 spiro atoms. The number of carbonyl (C=O) groups excluding carboxylic acids is 1. The normalized spacial score (nSPS) is 16.2. The fraction of sp³-hybridized carbons (Fsp3) is 0.583. The zero-order valence-electron chi connectivity index (χ0n) is 10.7. The third kappa shape index (κ3) is 2.95. The molecular formula is C12H18N4O2. The highest BCUT2D eigenvalue weighted by Gasteiger charge is 2.33. The van der Waals surface area contributed by atoms with Crippen LogP contribution in [0, 0.1) is 0 Å². The van der Waals surface area contributed by atoms with Crippen molar-refractivity contribution >= 4 is 5.91 Å². The van der Waals surface area contributed by atoms with Crippen molar-refractivity contribution in [3.05, 3.63) is 17.8 Å². The number of nitrogens with zero attached hydrogens (tertiary/aromatic N) is 3. The van der Waals surface area contributed by atoms with Gasteiger partial charge in [-0.1, -0.05) is 0 Å². The van der Waals surface area contributed by atoms with Crippen LogP contribution in [0.1, 0.15) is 25.5 Å². The van der Waals surface area contributed by atoms with Gasteiger partial charge in [0.25, 0.3) is 0 Å². The molecule has 0 unspecified atom stereocenters. The highest BCUT2D eigenvalue weighted by Crippen LogP contribution is 2.28. The quantitative estimate of drug-likeness (QED) is 0.814. The van der Waals surface area contributed by atoms with Crippen LogP contribution in [0.2, 0.25) is 0 Å². The van der Waals surface area contributed by atoms with Gasteiger partial charge in [0.1, 0.15) is 0 Å². The Bertz CT molecular complexity index is 415. The predicted octanol–water partition coefficient (Wildman–Crippen LogP) is 0.323. The molecule has 1 heterocycles. The zero-order chi connectivity index (χ0) is 13.1. The predicted molar refractivity (Wildman–Crippen MR) is 65.8 cm³/mol. The van der Waals surface area contributed by atoms with E-state index in [1.807, 2.05) is 6.07 Å². The van der Waals surface area contributed by atoms with Gasteiger partial charge >= 0.3 is 0 Å². The summed E-state index contributed by atoms with van der Waals surface area (Å²) in [6.45, 7) is 2.17. The molecule has 0 radical (unpaired) electrons. The molecule has 1 saturated carbocycles. The fourth-order valence-electron chi connectivity index (χ4n) is 1.75. The van der Waals surface area contributed by atoms with Crippen LogP contribution in [-0.4, -0.2) is 40.2 Å². The topological polar surface area (TPSA) is 81.3 Å². The van der Waals surface area contributed by atoms with E-state index >= 15 is 0 Å². The van der Waals surface area contributed by atoms with Crippen LogP contribution in [0.5, 0.6) is 5.88 Å². The Hall–Kier alpha value is -1.69. The molecular weight excluding hydrogens is 232 g/mol. The maximum atomic E-state index is 12.0. The van der Waals surface area contributed by atoms with Crippen LogP contribution in [0.3, 0.4) is 0 Å². The Labute approximate surface area is 106 Å². The summed E-state index contributed by atoms with van der Waals surface area (Å²) in [7, 11) is 1.54. The molecule has 0 aliphatic heterocycles. The fourth-order valence-corrected chi connectivity index (χ4v) is 1.75. The Morgan fingerprint density at radius 3 is 2.72 bits per heavy atom. The van der Waals surface area contributed by atoms with E-state index in [4.69, 9.17) is 10.5 Å². The molecule has 1 aliphatic rings. The summed E-state index contributed by atoms with van der Waals surface area (Å²) < 4.78 is 4.95. The second-order valence-corrected chi connectivity index (χ2v) is 4.55. The maximum absolute atomic E-state index is 12.0. The lowest BCUT2D eigenvalue weighted by Gasteiger charge is -2.23. The van der Waals surface area contributed by atoms with Gasteiger partial charge in [0, 0.05) is 12.1 Å². The second kappa shape index (κ2) is 5.30. The summed E-state index contributed by atoms with van der Waals surface area (Å²) in [5.74, 6) is 0.436. The molecule has 0 saturated heterocycles. The van der Waals surface area contributed by atoms with Crippen LogP contribution < -0.4 is 10.5 Å². The van der Waals surface area contributed by atoms with Crippen LogP contribution >= 0.6 is 0 Å². The average molecular weight is 250 g/mol. The minimum Gasteiger partial charge on any atom is -0.480 e. The van der Waals surface area contributed by atoms with E-state index in [-0.39, 0.29) is 5.91 Å². The first kappa shape index (κ1) is 12.8. The number of aromatic nitrogens is 2. The van der Waals surface area contributed by atoms with E-state index in [9.17, 15) is 4.79 Å². The summed E-state index contributed by atoms with van der Waals surface area (Å²) in [5.41, 5.74) is 6.40.